The third-order valence-corrected chi connectivity index (χ3v) is 4.52. The molecule has 0 radical (unpaired) electrons. The standard InChI is InChI=1S/C19H25ClN4O4/c1-5-24(6-2)19-22-10-14(20)17(23-19)18(26)21-11-15(25)13-9-12(27-3)7-8-16(13)28-4/h7-10,15,25H,5-6,11H2,1-4H3,(H,21,26). The zero-order valence-corrected chi connectivity index (χ0v) is 17.2. The summed E-state index contributed by atoms with van der Waals surface area (Å²) in [5, 5.41) is 13.3. The lowest BCUT2D eigenvalue weighted by Gasteiger charge is -2.19. The Hall–Kier alpha value is -2.58. The van der Waals surface area contributed by atoms with Gasteiger partial charge in [-0.25, -0.2) is 9.97 Å². The quantitative estimate of drug-likeness (QED) is 0.657. The van der Waals surface area contributed by atoms with Crippen molar-refractivity contribution in [3.63, 3.8) is 0 Å². The van der Waals surface area contributed by atoms with E-state index >= 15 is 0 Å². The van der Waals surface area contributed by atoms with Crippen LogP contribution in [0.3, 0.4) is 0 Å². The molecule has 0 bridgehead atoms. The SMILES string of the molecule is CCN(CC)c1ncc(Cl)c(C(=O)NCC(O)c2cc(OC)ccc2OC)n1. The number of ether oxygens (including phenoxy) is 2. The number of methoxy groups -OCH3 is 2. The largest absolute Gasteiger partial charge is 0.497 e. The van der Waals surface area contributed by atoms with Gasteiger partial charge in [0.25, 0.3) is 5.91 Å². The molecule has 2 rings (SSSR count). The van der Waals surface area contributed by atoms with Crippen LogP contribution in [-0.4, -0.2) is 54.8 Å². The molecule has 0 fully saturated rings. The summed E-state index contributed by atoms with van der Waals surface area (Å²) in [6.07, 6.45) is 0.399. The highest BCUT2D eigenvalue weighted by atomic mass is 35.5. The van der Waals surface area contributed by atoms with E-state index in [2.05, 4.69) is 15.3 Å². The lowest BCUT2D eigenvalue weighted by Crippen LogP contribution is -2.31. The lowest BCUT2D eigenvalue weighted by atomic mass is 10.1. The van der Waals surface area contributed by atoms with Crippen LogP contribution in [0.4, 0.5) is 5.95 Å². The smallest absolute Gasteiger partial charge is 0.271 e. The number of hydrogen-bond acceptors (Lipinski definition) is 7. The molecule has 9 heteroatoms. The zero-order chi connectivity index (χ0) is 20.7. The molecule has 1 aromatic heterocycles. The number of halogens is 1. The van der Waals surface area contributed by atoms with Crippen molar-refractivity contribution in [2.24, 2.45) is 0 Å². The van der Waals surface area contributed by atoms with Gasteiger partial charge < -0.3 is 24.8 Å². The van der Waals surface area contributed by atoms with Gasteiger partial charge in [0, 0.05) is 25.2 Å². The topological polar surface area (TPSA) is 96.8 Å². The summed E-state index contributed by atoms with van der Waals surface area (Å²) in [5.41, 5.74) is 0.558. The average molecular weight is 409 g/mol. The van der Waals surface area contributed by atoms with Crippen molar-refractivity contribution in [3.8, 4) is 11.5 Å². The first kappa shape index (κ1) is 21.7. The van der Waals surface area contributed by atoms with Gasteiger partial charge in [0.2, 0.25) is 5.95 Å². The lowest BCUT2D eigenvalue weighted by molar-refractivity contribution is 0.0909. The van der Waals surface area contributed by atoms with Crippen molar-refractivity contribution in [3.05, 3.63) is 40.7 Å². The maximum absolute atomic E-state index is 12.6. The summed E-state index contributed by atoms with van der Waals surface area (Å²) >= 11 is 6.10. The summed E-state index contributed by atoms with van der Waals surface area (Å²) < 4.78 is 10.4. The van der Waals surface area contributed by atoms with Crippen LogP contribution in [0.1, 0.15) is 36.0 Å². The fourth-order valence-electron chi connectivity index (χ4n) is 2.66. The molecular weight excluding hydrogens is 384 g/mol. The van der Waals surface area contributed by atoms with Gasteiger partial charge in [-0.15, -0.1) is 0 Å². The Labute approximate surface area is 169 Å². The number of nitrogens with zero attached hydrogens (tertiary/aromatic N) is 3. The third-order valence-electron chi connectivity index (χ3n) is 4.24. The van der Waals surface area contributed by atoms with Gasteiger partial charge in [0.1, 0.15) is 17.6 Å². The van der Waals surface area contributed by atoms with Crippen LogP contribution in [-0.2, 0) is 0 Å². The highest BCUT2D eigenvalue weighted by Gasteiger charge is 2.19. The summed E-state index contributed by atoms with van der Waals surface area (Å²) in [7, 11) is 3.04. The molecule has 1 aromatic carbocycles. The predicted molar refractivity (Wildman–Crippen MR) is 107 cm³/mol. The molecule has 0 aliphatic heterocycles. The van der Waals surface area contributed by atoms with Crippen LogP contribution in [0.5, 0.6) is 11.5 Å². The Morgan fingerprint density at radius 1 is 1.29 bits per heavy atom. The molecule has 2 aromatic rings. The van der Waals surface area contributed by atoms with Crippen LogP contribution >= 0.6 is 11.6 Å². The van der Waals surface area contributed by atoms with Crippen LogP contribution in [0.25, 0.3) is 0 Å². The number of amides is 1. The fourth-order valence-corrected chi connectivity index (χ4v) is 2.84. The maximum atomic E-state index is 12.6. The zero-order valence-electron chi connectivity index (χ0n) is 16.4. The van der Waals surface area contributed by atoms with E-state index in [1.165, 1.54) is 20.4 Å². The minimum absolute atomic E-state index is 0.0523. The Kier molecular flexibility index (Phi) is 7.83. The van der Waals surface area contributed by atoms with Gasteiger partial charge in [-0.05, 0) is 32.0 Å². The second-order valence-electron chi connectivity index (χ2n) is 5.87. The van der Waals surface area contributed by atoms with Crippen molar-refractivity contribution in [2.75, 3.05) is 38.8 Å². The molecule has 2 N–H and O–H groups in total. The van der Waals surface area contributed by atoms with Crippen LogP contribution in [0.2, 0.25) is 5.02 Å². The van der Waals surface area contributed by atoms with Crippen LogP contribution < -0.4 is 19.7 Å². The summed E-state index contributed by atoms with van der Waals surface area (Å²) in [5.74, 6) is 0.992. The molecule has 1 amide bonds. The number of hydrogen-bond donors (Lipinski definition) is 2. The first-order chi connectivity index (χ1) is 13.4. The van der Waals surface area contributed by atoms with E-state index in [-0.39, 0.29) is 17.3 Å². The van der Waals surface area contributed by atoms with E-state index in [1.54, 1.807) is 18.2 Å². The highest BCUT2D eigenvalue weighted by Crippen LogP contribution is 2.29. The number of aromatic nitrogens is 2. The molecule has 0 aliphatic carbocycles. The number of rotatable bonds is 9. The van der Waals surface area contributed by atoms with E-state index in [0.29, 0.717) is 36.1 Å². The Morgan fingerprint density at radius 3 is 2.61 bits per heavy atom. The van der Waals surface area contributed by atoms with E-state index in [1.807, 2.05) is 18.7 Å². The van der Waals surface area contributed by atoms with Crippen molar-refractivity contribution < 1.29 is 19.4 Å². The summed E-state index contributed by atoms with van der Waals surface area (Å²) in [4.78, 5) is 22.9. The fraction of sp³-hybridized carbons (Fsp3) is 0.421. The minimum Gasteiger partial charge on any atom is -0.497 e. The Balaban J connectivity index is 2.15. The number of aliphatic hydroxyl groups is 1. The molecule has 1 heterocycles. The second kappa shape index (κ2) is 10.1. The number of benzene rings is 1. The first-order valence-electron chi connectivity index (χ1n) is 8.90. The normalized spacial score (nSPS) is 11.6. The van der Waals surface area contributed by atoms with E-state index < -0.39 is 12.0 Å². The van der Waals surface area contributed by atoms with Crippen molar-refractivity contribution in [2.45, 2.75) is 20.0 Å². The molecule has 0 saturated carbocycles. The van der Waals surface area contributed by atoms with Gasteiger partial charge in [-0.1, -0.05) is 11.6 Å². The predicted octanol–water partition coefficient (Wildman–Crippen LogP) is 2.46. The van der Waals surface area contributed by atoms with E-state index in [0.717, 1.165) is 0 Å². The molecule has 152 valence electrons. The van der Waals surface area contributed by atoms with Gasteiger partial charge in [-0.2, -0.15) is 0 Å². The summed E-state index contributed by atoms with van der Waals surface area (Å²) in [6.45, 7) is 5.29. The molecule has 0 saturated heterocycles. The highest BCUT2D eigenvalue weighted by molar-refractivity contribution is 6.33. The van der Waals surface area contributed by atoms with Crippen LogP contribution in [0.15, 0.2) is 24.4 Å². The molecule has 28 heavy (non-hydrogen) atoms. The summed E-state index contributed by atoms with van der Waals surface area (Å²) in [6, 6.07) is 5.08. The average Bonchev–Trinajstić information content (AvgIpc) is 2.73. The van der Waals surface area contributed by atoms with Crippen molar-refractivity contribution >= 4 is 23.5 Å². The molecule has 1 atom stereocenters. The van der Waals surface area contributed by atoms with Gasteiger partial charge in [0.15, 0.2) is 5.69 Å². The monoisotopic (exact) mass is 408 g/mol. The van der Waals surface area contributed by atoms with Crippen LogP contribution in [0, 0.1) is 0 Å². The Morgan fingerprint density at radius 2 is 2.00 bits per heavy atom. The third kappa shape index (κ3) is 5.02. The number of anilines is 1. The van der Waals surface area contributed by atoms with Gasteiger partial charge in [-0.3, -0.25) is 4.79 Å². The first-order valence-corrected chi connectivity index (χ1v) is 9.28. The molecule has 1 unspecified atom stereocenters. The number of carbonyl (C=O) groups is 1. The number of carbonyl (C=O) groups excluding carboxylic acids is 1. The molecule has 0 aliphatic rings. The minimum atomic E-state index is -1.00. The van der Waals surface area contributed by atoms with Gasteiger partial charge >= 0.3 is 0 Å². The second-order valence-corrected chi connectivity index (χ2v) is 6.28. The van der Waals surface area contributed by atoms with Crippen molar-refractivity contribution in [1.29, 1.82) is 0 Å². The van der Waals surface area contributed by atoms with E-state index in [9.17, 15) is 9.90 Å². The molecular formula is C19H25ClN4O4. The van der Waals surface area contributed by atoms with Gasteiger partial charge in [0.05, 0.1) is 25.4 Å². The number of nitrogens with one attached hydrogen (secondary N) is 1. The van der Waals surface area contributed by atoms with Crippen molar-refractivity contribution in [1.82, 2.24) is 15.3 Å². The van der Waals surface area contributed by atoms with E-state index in [4.69, 9.17) is 21.1 Å². The molecule has 8 nitrogen and oxygen atoms in total. The molecule has 0 spiro atoms. The Bertz CT molecular complexity index is 815. The number of aliphatic hydroxyl groups excluding tert-OH is 1. The maximum Gasteiger partial charge on any atom is 0.271 e.